The van der Waals surface area contributed by atoms with Gasteiger partial charge in [0.15, 0.2) is 17.2 Å². The number of hydrogen-bond donors (Lipinski definition) is 2. The summed E-state index contributed by atoms with van der Waals surface area (Å²) in [5, 5.41) is 18.9. The molecule has 2 N–H and O–H groups in total. The third kappa shape index (κ3) is 4.78. The maximum absolute atomic E-state index is 13.7. The first kappa shape index (κ1) is 25.2. The third-order valence-corrected chi connectivity index (χ3v) is 6.35. The summed E-state index contributed by atoms with van der Waals surface area (Å²) in [6.07, 6.45) is 1.39. The molecule has 5 rings (SSSR count). The molecule has 1 aliphatic heterocycles. The number of hydrogen-bond acceptors (Lipinski definition) is 7. The van der Waals surface area contributed by atoms with Crippen molar-refractivity contribution in [2.45, 2.75) is 26.1 Å². The molecular formula is C25H24F3N9O. The van der Waals surface area contributed by atoms with E-state index in [1.54, 1.807) is 18.2 Å². The third-order valence-electron chi connectivity index (χ3n) is 6.35. The Balaban J connectivity index is 1.48. The van der Waals surface area contributed by atoms with Gasteiger partial charge in [0, 0.05) is 56.0 Å². The van der Waals surface area contributed by atoms with E-state index in [2.05, 4.69) is 25.7 Å². The molecule has 38 heavy (non-hydrogen) atoms. The topological polar surface area (TPSA) is 116 Å². The summed E-state index contributed by atoms with van der Waals surface area (Å²) in [5.41, 5.74) is 1.36. The lowest BCUT2D eigenvalue weighted by molar-refractivity contribution is -0.141. The number of nitrogens with one attached hydrogen (secondary N) is 2. The van der Waals surface area contributed by atoms with Gasteiger partial charge in [-0.3, -0.25) is 13.9 Å². The van der Waals surface area contributed by atoms with Crippen LogP contribution < -0.4 is 10.6 Å². The molecule has 0 saturated carbocycles. The Morgan fingerprint density at radius 1 is 1.24 bits per heavy atom. The molecule has 1 aromatic carbocycles. The van der Waals surface area contributed by atoms with E-state index in [4.69, 9.17) is 5.26 Å². The number of nitriles is 1. The minimum Gasteiger partial charge on any atom is -0.337 e. The van der Waals surface area contributed by atoms with E-state index in [0.29, 0.717) is 42.2 Å². The van der Waals surface area contributed by atoms with E-state index in [-0.39, 0.29) is 23.7 Å². The lowest BCUT2D eigenvalue weighted by Gasteiger charge is -2.28. The van der Waals surface area contributed by atoms with Crippen LogP contribution >= 0.6 is 0 Å². The highest BCUT2D eigenvalue weighted by atomic mass is 19.4. The average Bonchev–Trinajstić information content (AvgIpc) is 3.54. The summed E-state index contributed by atoms with van der Waals surface area (Å²) < 4.78 is 43.5. The van der Waals surface area contributed by atoms with E-state index < -0.39 is 11.9 Å². The Hall–Kier alpha value is -4.44. The lowest BCUT2D eigenvalue weighted by Crippen LogP contribution is -2.46. The molecular weight excluding hydrogens is 499 g/mol. The molecule has 10 nitrogen and oxygen atoms in total. The molecule has 4 heterocycles. The molecule has 4 aromatic rings. The zero-order valence-electron chi connectivity index (χ0n) is 20.5. The van der Waals surface area contributed by atoms with Crippen molar-refractivity contribution in [2.75, 3.05) is 31.5 Å². The number of nitrogens with zero attached hydrogens (tertiary/aromatic N) is 7. The molecule has 13 heteroatoms. The molecule has 0 unspecified atom stereocenters. The van der Waals surface area contributed by atoms with Crippen molar-refractivity contribution in [3.8, 4) is 17.3 Å². The highest BCUT2D eigenvalue weighted by Gasteiger charge is 2.38. The Bertz CT molecular complexity index is 1530. The Morgan fingerprint density at radius 2 is 2.03 bits per heavy atom. The van der Waals surface area contributed by atoms with E-state index in [9.17, 15) is 18.0 Å². The fourth-order valence-electron chi connectivity index (χ4n) is 4.53. The van der Waals surface area contributed by atoms with Crippen LogP contribution in [0.25, 0.3) is 16.9 Å². The Labute approximate surface area is 215 Å². The molecule has 0 atom stereocenters. The first-order chi connectivity index (χ1) is 18.3. The van der Waals surface area contributed by atoms with Gasteiger partial charge in [-0.1, -0.05) is 6.92 Å². The van der Waals surface area contributed by atoms with Crippen LogP contribution in [0, 0.1) is 11.3 Å². The van der Waals surface area contributed by atoms with Gasteiger partial charge in [-0.2, -0.15) is 23.5 Å². The number of aromatic nitrogens is 5. The number of fused-ring (bicyclic) bond motifs is 1. The standard InChI is InChI=1S/C25H24F3N9O/c1-2-16-13-17(3-4-18(16)24(38)35-10-6-30-7-11-35)33-22-23-32-14-20(37(23)12-8-31-22)19-15-36(9-5-29)34-21(19)25(26,27)28/h3-4,8,12-15,30H,2,6-7,9-11H2,1H3,(H,31,33). The maximum Gasteiger partial charge on any atom is 0.435 e. The predicted molar refractivity (Wildman–Crippen MR) is 133 cm³/mol. The second kappa shape index (κ2) is 10.1. The Morgan fingerprint density at radius 3 is 2.74 bits per heavy atom. The molecule has 1 saturated heterocycles. The molecule has 3 aromatic heterocycles. The number of halogens is 3. The number of piperazine rings is 1. The van der Waals surface area contributed by atoms with Crippen LogP contribution in [0.3, 0.4) is 0 Å². The molecule has 1 fully saturated rings. The number of rotatable bonds is 6. The smallest absolute Gasteiger partial charge is 0.337 e. The van der Waals surface area contributed by atoms with Crippen LogP contribution in [0.1, 0.15) is 28.5 Å². The molecule has 0 bridgehead atoms. The fourth-order valence-corrected chi connectivity index (χ4v) is 4.53. The number of carbonyl (C=O) groups excluding carboxylic acids is 1. The largest absolute Gasteiger partial charge is 0.435 e. The molecule has 1 amide bonds. The van der Waals surface area contributed by atoms with Gasteiger partial charge in [0.05, 0.1) is 23.5 Å². The average molecular weight is 524 g/mol. The van der Waals surface area contributed by atoms with Crippen molar-refractivity contribution in [1.82, 2.24) is 34.4 Å². The maximum atomic E-state index is 13.7. The normalized spacial score (nSPS) is 14.0. The summed E-state index contributed by atoms with van der Waals surface area (Å²) in [7, 11) is 0. The van der Waals surface area contributed by atoms with Gasteiger partial charge in [-0.25, -0.2) is 9.97 Å². The molecule has 0 aliphatic carbocycles. The van der Waals surface area contributed by atoms with E-state index in [1.807, 2.05) is 17.9 Å². The predicted octanol–water partition coefficient (Wildman–Crippen LogP) is 3.49. The molecule has 0 spiro atoms. The second-order valence-electron chi connectivity index (χ2n) is 8.75. The number of benzene rings is 1. The van der Waals surface area contributed by atoms with Crippen molar-refractivity contribution in [2.24, 2.45) is 0 Å². The van der Waals surface area contributed by atoms with Crippen molar-refractivity contribution >= 4 is 23.1 Å². The summed E-state index contributed by atoms with van der Waals surface area (Å²) in [5.74, 6) is 0.324. The van der Waals surface area contributed by atoms with E-state index in [1.165, 1.54) is 29.2 Å². The van der Waals surface area contributed by atoms with Gasteiger partial charge in [-0.05, 0) is 30.2 Å². The first-order valence-corrected chi connectivity index (χ1v) is 12.0. The van der Waals surface area contributed by atoms with Crippen LogP contribution in [-0.2, 0) is 19.1 Å². The van der Waals surface area contributed by atoms with Gasteiger partial charge < -0.3 is 15.5 Å². The number of aryl methyl sites for hydroxylation is 1. The number of imidazole rings is 1. The summed E-state index contributed by atoms with van der Waals surface area (Å²) >= 11 is 0. The van der Waals surface area contributed by atoms with Gasteiger partial charge in [0.1, 0.15) is 6.54 Å². The molecule has 0 radical (unpaired) electrons. The van der Waals surface area contributed by atoms with Gasteiger partial charge in [-0.15, -0.1) is 0 Å². The second-order valence-corrected chi connectivity index (χ2v) is 8.75. The highest BCUT2D eigenvalue weighted by molar-refractivity contribution is 5.96. The molecule has 1 aliphatic rings. The first-order valence-electron chi connectivity index (χ1n) is 12.0. The molecule has 196 valence electrons. The van der Waals surface area contributed by atoms with Crippen molar-refractivity contribution in [3.05, 3.63) is 59.8 Å². The van der Waals surface area contributed by atoms with Gasteiger partial charge in [0.2, 0.25) is 0 Å². The van der Waals surface area contributed by atoms with Gasteiger partial charge >= 0.3 is 6.18 Å². The number of anilines is 2. The minimum absolute atomic E-state index is 0.00885. The Kier molecular flexibility index (Phi) is 6.73. The quantitative estimate of drug-likeness (QED) is 0.398. The SMILES string of the molecule is CCc1cc(Nc2nccn3c(-c4cn(CC#N)nc4C(F)(F)F)cnc23)ccc1C(=O)N1CCNCC1. The number of carbonyl (C=O) groups is 1. The minimum atomic E-state index is -4.71. The fraction of sp³-hybridized carbons (Fsp3) is 0.320. The van der Waals surface area contributed by atoms with Crippen LogP contribution in [0.5, 0.6) is 0 Å². The van der Waals surface area contributed by atoms with Crippen molar-refractivity contribution in [3.63, 3.8) is 0 Å². The highest BCUT2D eigenvalue weighted by Crippen LogP contribution is 2.37. The summed E-state index contributed by atoms with van der Waals surface area (Å²) in [4.78, 5) is 23.5. The lowest BCUT2D eigenvalue weighted by atomic mass is 10.0. The van der Waals surface area contributed by atoms with Crippen LogP contribution in [0.15, 0.2) is 43.0 Å². The number of alkyl halides is 3. The zero-order valence-corrected chi connectivity index (χ0v) is 20.5. The van der Waals surface area contributed by atoms with E-state index in [0.717, 1.165) is 23.3 Å². The zero-order chi connectivity index (χ0) is 26.9. The van der Waals surface area contributed by atoms with E-state index >= 15 is 0 Å². The van der Waals surface area contributed by atoms with Crippen molar-refractivity contribution < 1.29 is 18.0 Å². The summed E-state index contributed by atoms with van der Waals surface area (Å²) in [6, 6.07) is 7.23. The van der Waals surface area contributed by atoms with Crippen LogP contribution in [0.2, 0.25) is 0 Å². The van der Waals surface area contributed by atoms with Crippen LogP contribution in [0.4, 0.5) is 24.7 Å². The van der Waals surface area contributed by atoms with Gasteiger partial charge in [0.25, 0.3) is 5.91 Å². The number of amides is 1. The van der Waals surface area contributed by atoms with Crippen molar-refractivity contribution in [1.29, 1.82) is 5.26 Å². The van der Waals surface area contributed by atoms with Crippen LogP contribution in [-0.4, -0.2) is 61.1 Å². The monoisotopic (exact) mass is 523 g/mol. The summed E-state index contributed by atoms with van der Waals surface area (Å²) in [6.45, 7) is 4.49.